The van der Waals surface area contributed by atoms with Crippen molar-refractivity contribution in [3.63, 3.8) is 0 Å². The molecule has 1 aliphatic carbocycles. The van der Waals surface area contributed by atoms with Gasteiger partial charge in [0.25, 0.3) is 0 Å². The summed E-state index contributed by atoms with van der Waals surface area (Å²) in [4.78, 5) is 12.1. The second kappa shape index (κ2) is 7.01. The number of nitrogens with two attached hydrogens (primary N) is 1. The summed E-state index contributed by atoms with van der Waals surface area (Å²) in [5, 5.41) is 2.97. The Balaban J connectivity index is 0.00000192. The Morgan fingerprint density at radius 1 is 1.17 bits per heavy atom. The summed E-state index contributed by atoms with van der Waals surface area (Å²) in [5.74, 6) is -0.246. The molecule has 0 heterocycles. The minimum atomic E-state index is -0.225. The molecule has 0 aromatic heterocycles. The van der Waals surface area contributed by atoms with E-state index in [1.807, 2.05) is 18.2 Å². The molecule has 3 rings (SSSR count). The molecule has 0 aliphatic heterocycles. The third-order valence-corrected chi connectivity index (χ3v) is 4.26. The van der Waals surface area contributed by atoms with Crippen molar-refractivity contribution in [3.05, 3.63) is 65.5 Å². The number of hydrogen-bond acceptors (Lipinski definition) is 2. The van der Waals surface area contributed by atoms with E-state index in [1.54, 1.807) is 24.3 Å². The fourth-order valence-corrected chi connectivity index (χ4v) is 2.69. The molecule has 1 saturated carbocycles. The second-order valence-corrected chi connectivity index (χ2v) is 5.99. The number of rotatable bonds is 5. The Morgan fingerprint density at radius 2 is 1.87 bits per heavy atom. The summed E-state index contributed by atoms with van der Waals surface area (Å²) in [7, 11) is 0. The number of amides is 1. The van der Waals surface area contributed by atoms with Crippen LogP contribution in [0.15, 0.2) is 48.5 Å². The van der Waals surface area contributed by atoms with Crippen LogP contribution in [0.1, 0.15) is 24.0 Å². The number of nitrogens with one attached hydrogen (secondary N) is 1. The zero-order chi connectivity index (χ0) is 15.6. The quantitative estimate of drug-likeness (QED) is 0.825. The van der Waals surface area contributed by atoms with Gasteiger partial charge in [-0.05, 0) is 48.2 Å². The monoisotopic (exact) mass is 334 g/mol. The zero-order valence-electron chi connectivity index (χ0n) is 12.7. The molecule has 122 valence electrons. The normalized spacial score (nSPS) is 14.7. The lowest BCUT2D eigenvalue weighted by molar-refractivity contribution is -0.120. The Morgan fingerprint density at radius 3 is 2.48 bits per heavy atom. The van der Waals surface area contributed by atoms with Crippen molar-refractivity contribution >= 4 is 24.0 Å². The Labute approximate surface area is 141 Å². The maximum Gasteiger partial charge on any atom is 0.224 e. The third-order valence-electron chi connectivity index (χ3n) is 4.26. The van der Waals surface area contributed by atoms with Gasteiger partial charge in [-0.25, -0.2) is 4.39 Å². The standard InChI is InChI=1S/C18H19FN2O.ClH/c19-15-3-1-2-14(11-15)18(8-9-18)12-21-17(22)10-13-4-6-16(20)7-5-13;/h1-7,11H,8-10,12,20H2,(H,21,22);1H. The summed E-state index contributed by atoms with van der Waals surface area (Å²) < 4.78 is 13.3. The van der Waals surface area contributed by atoms with E-state index in [1.165, 1.54) is 6.07 Å². The van der Waals surface area contributed by atoms with Crippen molar-refractivity contribution in [2.24, 2.45) is 0 Å². The highest BCUT2D eigenvalue weighted by Crippen LogP contribution is 2.47. The van der Waals surface area contributed by atoms with Gasteiger partial charge < -0.3 is 11.1 Å². The minimum Gasteiger partial charge on any atom is -0.399 e. The summed E-state index contributed by atoms with van der Waals surface area (Å²) in [5.41, 5.74) is 8.13. The van der Waals surface area contributed by atoms with E-state index in [4.69, 9.17) is 5.73 Å². The van der Waals surface area contributed by atoms with Gasteiger partial charge in [0.05, 0.1) is 6.42 Å². The molecule has 3 nitrogen and oxygen atoms in total. The van der Waals surface area contributed by atoms with Gasteiger partial charge in [-0.3, -0.25) is 4.79 Å². The lowest BCUT2D eigenvalue weighted by Gasteiger charge is -2.16. The van der Waals surface area contributed by atoms with Gasteiger partial charge in [-0.2, -0.15) is 0 Å². The topological polar surface area (TPSA) is 55.1 Å². The first kappa shape index (κ1) is 17.3. The fourth-order valence-electron chi connectivity index (χ4n) is 2.69. The summed E-state index contributed by atoms with van der Waals surface area (Å²) in [6, 6.07) is 14.0. The van der Waals surface area contributed by atoms with Crippen LogP contribution < -0.4 is 11.1 Å². The largest absolute Gasteiger partial charge is 0.399 e. The van der Waals surface area contributed by atoms with Crippen molar-refractivity contribution in [2.75, 3.05) is 12.3 Å². The van der Waals surface area contributed by atoms with Crippen LogP contribution in [0.3, 0.4) is 0 Å². The molecule has 0 atom stereocenters. The van der Waals surface area contributed by atoms with Crippen LogP contribution in [0.25, 0.3) is 0 Å². The van der Waals surface area contributed by atoms with Crippen LogP contribution in [0.5, 0.6) is 0 Å². The van der Waals surface area contributed by atoms with E-state index in [9.17, 15) is 9.18 Å². The van der Waals surface area contributed by atoms with E-state index in [2.05, 4.69) is 5.32 Å². The smallest absolute Gasteiger partial charge is 0.224 e. The van der Waals surface area contributed by atoms with Crippen LogP contribution in [0, 0.1) is 5.82 Å². The molecule has 0 bridgehead atoms. The number of anilines is 1. The van der Waals surface area contributed by atoms with Crippen LogP contribution in [-0.2, 0) is 16.6 Å². The van der Waals surface area contributed by atoms with Crippen molar-refractivity contribution in [1.82, 2.24) is 5.32 Å². The summed E-state index contributed by atoms with van der Waals surface area (Å²) in [6.07, 6.45) is 2.30. The maximum absolute atomic E-state index is 13.3. The van der Waals surface area contributed by atoms with Gasteiger partial charge in [0.1, 0.15) is 5.82 Å². The van der Waals surface area contributed by atoms with E-state index in [0.29, 0.717) is 18.7 Å². The predicted molar refractivity (Wildman–Crippen MR) is 92.1 cm³/mol. The Kier molecular flexibility index (Phi) is 5.26. The Hall–Kier alpha value is -2.07. The number of halogens is 2. The highest BCUT2D eigenvalue weighted by Gasteiger charge is 2.44. The van der Waals surface area contributed by atoms with Gasteiger partial charge >= 0.3 is 0 Å². The van der Waals surface area contributed by atoms with Crippen molar-refractivity contribution in [2.45, 2.75) is 24.7 Å². The molecule has 0 radical (unpaired) electrons. The molecule has 23 heavy (non-hydrogen) atoms. The molecule has 5 heteroatoms. The number of hydrogen-bond donors (Lipinski definition) is 2. The van der Waals surface area contributed by atoms with Crippen molar-refractivity contribution in [1.29, 1.82) is 0 Å². The molecule has 0 spiro atoms. The highest BCUT2D eigenvalue weighted by atomic mass is 35.5. The number of nitrogen functional groups attached to an aromatic ring is 1. The average molecular weight is 335 g/mol. The summed E-state index contributed by atoms with van der Waals surface area (Å²) >= 11 is 0. The summed E-state index contributed by atoms with van der Waals surface area (Å²) in [6.45, 7) is 0.560. The van der Waals surface area contributed by atoms with E-state index < -0.39 is 0 Å². The van der Waals surface area contributed by atoms with Gasteiger partial charge in [0.15, 0.2) is 0 Å². The number of benzene rings is 2. The van der Waals surface area contributed by atoms with Gasteiger partial charge in [-0.15, -0.1) is 12.4 Å². The lowest BCUT2D eigenvalue weighted by Crippen LogP contribution is -2.33. The van der Waals surface area contributed by atoms with Crippen LogP contribution >= 0.6 is 12.4 Å². The van der Waals surface area contributed by atoms with Gasteiger partial charge in [-0.1, -0.05) is 24.3 Å². The molecule has 2 aromatic rings. The van der Waals surface area contributed by atoms with Crippen LogP contribution in [0.2, 0.25) is 0 Å². The molecule has 1 amide bonds. The molecular weight excluding hydrogens is 315 g/mol. The molecule has 2 aromatic carbocycles. The van der Waals surface area contributed by atoms with Gasteiger partial charge in [0.2, 0.25) is 5.91 Å². The Bertz CT molecular complexity index is 684. The fraction of sp³-hybridized carbons (Fsp3) is 0.278. The predicted octanol–water partition coefficient (Wildman–Crippen LogP) is 3.22. The number of carbonyl (C=O) groups excluding carboxylic acids is 1. The molecule has 0 saturated heterocycles. The van der Waals surface area contributed by atoms with Crippen molar-refractivity contribution < 1.29 is 9.18 Å². The van der Waals surface area contributed by atoms with E-state index in [0.717, 1.165) is 24.0 Å². The zero-order valence-corrected chi connectivity index (χ0v) is 13.5. The van der Waals surface area contributed by atoms with E-state index >= 15 is 0 Å². The third kappa shape index (κ3) is 4.23. The maximum atomic E-state index is 13.3. The van der Waals surface area contributed by atoms with Crippen LogP contribution in [-0.4, -0.2) is 12.5 Å². The first-order chi connectivity index (χ1) is 10.6. The molecule has 3 N–H and O–H groups in total. The van der Waals surface area contributed by atoms with Crippen molar-refractivity contribution in [3.8, 4) is 0 Å². The first-order valence-corrected chi connectivity index (χ1v) is 7.45. The molecule has 0 unspecified atom stereocenters. The molecular formula is C18H20ClFN2O. The first-order valence-electron chi connectivity index (χ1n) is 7.45. The SMILES string of the molecule is Cl.Nc1ccc(CC(=O)NCC2(c3cccc(F)c3)CC2)cc1. The van der Waals surface area contributed by atoms with Gasteiger partial charge in [0, 0.05) is 17.6 Å². The second-order valence-electron chi connectivity index (χ2n) is 5.99. The molecule has 1 aliphatic rings. The highest BCUT2D eigenvalue weighted by molar-refractivity contribution is 5.85. The van der Waals surface area contributed by atoms with E-state index in [-0.39, 0.29) is 29.5 Å². The van der Waals surface area contributed by atoms with Crippen LogP contribution in [0.4, 0.5) is 10.1 Å². The lowest BCUT2D eigenvalue weighted by atomic mass is 9.95. The minimum absolute atomic E-state index is 0. The molecule has 1 fully saturated rings. The number of carbonyl (C=O) groups is 1. The average Bonchev–Trinajstić information content (AvgIpc) is 3.29.